The Bertz CT molecular complexity index is 1050. The maximum atomic E-state index is 9.06. The highest BCUT2D eigenvalue weighted by Crippen LogP contribution is 2.29. The van der Waals surface area contributed by atoms with Crippen LogP contribution >= 0.6 is 0 Å². The summed E-state index contributed by atoms with van der Waals surface area (Å²) >= 11 is 0. The minimum Gasteiger partial charge on any atom is -0.327 e. The van der Waals surface area contributed by atoms with Crippen LogP contribution in [0.5, 0.6) is 0 Å². The van der Waals surface area contributed by atoms with E-state index in [1.807, 2.05) is 54.3 Å². The molecule has 2 aromatic carbocycles. The predicted octanol–water partition coefficient (Wildman–Crippen LogP) is 3.66. The number of benzene rings is 2. The van der Waals surface area contributed by atoms with Gasteiger partial charge in [-0.2, -0.15) is 5.26 Å². The van der Waals surface area contributed by atoms with Crippen molar-refractivity contribution < 1.29 is 0 Å². The molecule has 0 aliphatic rings. The van der Waals surface area contributed by atoms with Crippen molar-refractivity contribution in [2.45, 2.75) is 0 Å². The van der Waals surface area contributed by atoms with E-state index in [9.17, 15) is 0 Å². The number of aryl methyl sites for hydroxylation is 1. The minimum absolute atomic E-state index is 0.637. The quantitative estimate of drug-likeness (QED) is 0.536. The Labute approximate surface area is 127 Å². The molecule has 22 heavy (non-hydrogen) atoms. The molecule has 104 valence electrons. The van der Waals surface area contributed by atoms with Crippen LogP contribution in [0.3, 0.4) is 0 Å². The summed E-state index contributed by atoms with van der Waals surface area (Å²) in [5.74, 6) is 0.856. The number of imidazole rings is 1. The maximum Gasteiger partial charge on any atom is 0.143 e. The third-order valence-electron chi connectivity index (χ3n) is 3.92. The number of nitriles is 1. The Balaban J connectivity index is 2.05. The molecule has 0 N–H and O–H groups in total. The summed E-state index contributed by atoms with van der Waals surface area (Å²) in [6, 6.07) is 15.9. The van der Waals surface area contributed by atoms with Crippen LogP contribution in [0, 0.1) is 11.3 Å². The number of aromatic nitrogens is 3. The van der Waals surface area contributed by atoms with Gasteiger partial charge in [0.1, 0.15) is 5.82 Å². The zero-order valence-corrected chi connectivity index (χ0v) is 12.0. The van der Waals surface area contributed by atoms with Crippen molar-refractivity contribution in [3.8, 4) is 17.5 Å². The number of nitrogens with zero attached hydrogens (tertiary/aromatic N) is 4. The lowest BCUT2D eigenvalue weighted by atomic mass is 10.1. The Hall–Kier alpha value is -3.19. The highest BCUT2D eigenvalue weighted by Gasteiger charge is 2.13. The van der Waals surface area contributed by atoms with Crippen LogP contribution < -0.4 is 0 Å². The third-order valence-corrected chi connectivity index (χ3v) is 3.92. The molecule has 4 rings (SSSR count). The van der Waals surface area contributed by atoms with Gasteiger partial charge in [-0.05, 0) is 23.6 Å². The topological polar surface area (TPSA) is 54.5 Å². The first-order chi connectivity index (χ1) is 10.8. The molecule has 4 heteroatoms. The van der Waals surface area contributed by atoms with Gasteiger partial charge in [-0.25, -0.2) is 4.98 Å². The molecule has 0 spiro atoms. The standard InChI is InChI=1S/C18H12N4/c1-22-17-8-12(9-19)6-7-16(17)21-18(22)15-11-20-10-13-4-2-3-5-14(13)15/h2-8,10-11H,1H3. The summed E-state index contributed by atoms with van der Waals surface area (Å²) in [6.45, 7) is 0. The highest BCUT2D eigenvalue weighted by molar-refractivity contribution is 5.96. The first-order valence-electron chi connectivity index (χ1n) is 6.97. The van der Waals surface area contributed by atoms with Gasteiger partial charge in [0.05, 0.1) is 22.7 Å². The molecule has 0 radical (unpaired) electrons. The molecule has 0 amide bonds. The lowest BCUT2D eigenvalue weighted by Gasteiger charge is -2.06. The van der Waals surface area contributed by atoms with Crippen molar-refractivity contribution in [2.75, 3.05) is 0 Å². The van der Waals surface area contributed by atoms with E-state index in [0.29, 0.717) is 5.56 Å². The van der Waals surface area contributed by atoms with Crippen LogP contribution in [0.15, 0.2) is 54.9 Å². The van der Waals surface area contributed by atoms with Crippen LogP contribution in [-0.2, 0) is 7.05 Å². The van der Waals surface area contributed by atoms with Crippen molar-refractivity contribution in [1.29, 1.82) is 5.26 Å². The van der Waals surface area contributed by atoms with Gasteiger partial charge in [0.15, 0.2) is 0 Å². The van der Waals surface area contributed by atoms with Crippen molar-refractivity contribution >= 4 is 21.8 Å². The van der Waals surface area contributed by atoms with Crippen molar-refractivity contribution in [3.63, 3.8) is 0 Å². The fraction of sp³-hybridized carbons (Fsp3) is 0.0556. The molecule has 0 aliphatic heterocycles. The van der Waals surface area contributed by atoms with Crippen LogP contribution in [0.4, 0.5) is 0 Å². The normalized spacial score (nSPS) is 10.9. The summed E-state index contributed by atoms with van der Waals surface area (Å²) in [7, 11) is 1.97. The van der Waals surface area contributed by atoms with Crippen molar-refractivity contribution in [2.24, 2.45) is 7.05 Å². The summed E-state index contributed by atoms with van der Waals surface area (Å²) in [5, 5.41) is 11.3. The first kappa shape index (κ1) is 12.5. The molecule has 0 atom stereocenters. The summed E-state index contributed by atoms with van der Waals surface area (Å²) in [4.78, 5) is 9.05. The summed E-state index contributed by atoms with van der Waals surface area (Å²) in [6.07, 6.45) is 3.70. The molecule has 0 fully saturated rings. The van der Waals surface area contributed by atoms with Gasteiger partial charge in [-0.3, -0.25) is 4.98 Å². The molecule has 0 unspecified atom stereocenters. The number of hydrogen-bond donors (Lipinski definition) is 0. The van der Waals surface area contributed by atoms with Crippen LogP contribution in [0.25, 0.3) is 33.2 Å². The van der Waals surface area contributed by atoms with E-state index in [1.165, 1.54) is 0 Å². The second-order valence-electron chi connectivity index (χ2n) is 5.22. The van der Waals surface area contributed by atoms with Gasteiger partial charge in [-0.15, -0.1) is 0 Å². The lowest BCUT2D eigenvalue weighted by Crippen LogP contribution is -1.94. The van der Waals surface area contributed by atoms with E-state index in [2.05, 4.69) is 17.1 Å². The Kier molecular flexibility index (Phi) is 2.67. The number of fused-ring (bicyclic) bond motifs is 2. The van der Waals surface area contributed by atoms with E-state index >= 15 is 0 Å². The van der Waals surface area contributed by atoms with E-state index in [0.717, 1.165) is 33.2 Å². The Morgan fingerprint density at radius 2 is 1.95 bits per heavy atom. The lowest BCUT2D eigenvalue weighted by molar-refractivity contribution is 0.959. The van der Waals surface area contributed by atoms with E-state index in [-0.39, 0.29) is 0 Å². The Morgan fingerprint density at radius 3 is 2.82 bits per heavy atom. The van der Waals surface area contributed by atoms with Crippen LogP contribution in [0.2, 0.25) is 0 Å². The van der Waals surface area contributed by atoms with Crippen LogP contribution in [-0.4, -0.2) is 14.5 Å². The smallest absolute Gasteiger partial charge is 0.143 e. The van der Waals surface area contributed by atoms with Gasteiger partial charge in [0.25, 0.3) is 0 Å². The number of rotatable bonds is 1. The fourth-order valence-corrected chi connectivity index (χ4v) is 2.79. The molecule has 0 saturated heterocycles. The largest absolute Gasteiger partial charge is 0.327 e. The van der Waals surface area contributed by atoms with Gasteiger partial charge < -0.3 is 4.57 Å². The van der Waals surface area contributed by atoms with Crippen molar-refractivity contribution in [1.82, 2.24) is 14.5 Å². The van der Waals surface area contributed by atoms with Crippen molar-refractivity contribution in [3.05, 3.63) is 60.4 Å². The first-order valence-corrected chi connectivity index (χ1v) is 6.97. The minimum atomic E-state index is 0.637. The van der Waals surface area contributed by atoms with E-state index < -0.39 is 0 Å². The van der Waals surface area contributed by atoms with Gasteiger partial charge in [-0.1, -0.05) is 24.3 Å². The second-order valence-corrected chi connectivity index (χ2v) is 5.22. The van der Waals surface area contributed by atoms with Crippen LogP contribution in [0.1, 0.15) is 5.56 Å². The zero-order valence-electron chi connectivity index (χ0n) is 12.0. The highest BCUT2D eigenvalue weighted by atomic mass is 15.1. The molecule has 0 bridgehead atoms. The van der Waals surface area contributed by atoms with E-state index in [1.54, 1.807) is 6.07 Å². The van der Waals surface area contributed by atoms with Gasteiger partial charge in [0.2, 0.25) is 0 Å². The fourth-order valence-electron chi connectivity index (χ4n) is 2.79. The monoisotopic (exact) mass is 284 g/mol. The number of pyridine rings is 1. The average molecular weight is 284 g/mol. The molecular weight excluding hydrogens is 272 g/mol. The predicted molar refractivity (Wildman–Crippen MR) is 86.2 cm³/mol. The maximum absolute atomic E-state index is 9.06. The van der Waals surface area contributed by atoms with E-state index in [4.69, 9.17) is 10.2 Å². The molecule has 4 nitrogen and oxygen atoms in total. The summed E-state index contributed by atoms with van der Waals surface area (Å²) in [5.41, 5.74) is 3.46. The second kappa shape index (κ2) is 4.68. The number of hydrogen-bond acceptors (Lipinski definition) is 3. The average Bonchev–Trinajstić information content (AvgIpc) is 2.90. The Morgan fingerprint density at radius 1 is 1.09 bits per heavy atom. The molecule has 4 aromatic rings. The summed E-state index contributed by atoms with van der Waals surface area (Å²) < 4.78 is 2.01. The van der Waals surface area contributed by atoms with Gasteiger partial charge >= 0.3 is 0 Å². The van der Waals surface area contributed by atoms with Gasteiger partial charge in [0, 0.05) is 30.4 Å². The molecule has 0 aliphatic carbocycles. The SMILES string of the molecule is Cn1c(-c2cncc3ccccc23)nc2ccc(C#N)cc21. The zero-order chi connectivity index (χ0) is 15.1. The molecular formula is C18H12N4. The molecule has 2 aromatic heterocycles. The third kappa shape index (κ3) is 1.76. The molecule has 2 heterocycles. The molecule has 0 saturated carbocycles.